The zero-order valence-corrected chi connectivity index (χ0v) is 12.6. The fourth-order valence-corrected chi connectivity index (χ4v) is 5.55. The maximum atomic E-state index is 9.64. The molecule has 4 heteroatoms. The van der Waals surface area contributed by atoms with Crippen molar-refractivity contribution in [2.45, 2.75) is 4.75 Å². The molecule has 0 atom stereocenters. The molecule has 2 aromatic rings. The van der Waals surface area contributed by atoms with Gasteiger partial charge in [0.25, 0.3) is 0 Å². The largest absolute Gasteiger partial charge is 0.193 e. The molecule has 1 aliphatic heterocycles. The SMILES string of the molecule is N#CC1=C(C#N)C(c2ccccc2)(c2ccccc2)SS1. The minimum Gasteiger partial charge on any atom is -0.193 e. The van der Waals surface area contributed by atoms with Gasteiger partial charge in [-0.05, 0) is 21.9 Å². The van der Waals surface area contributed by atoms with Crippen LogP contribution < -0.4 is 0 Å². The van der Waals surface area contributed by atoms with Crippen molar-refractivity contribution < 1.29 is 0 Å². The molecule has 0 radical (unpaired) electrons. The van der Waals surface area contributed by atoms with E-state index in [9.17, 15) is 10.5 Å². The Balaban J connectivity index is 2.32. The highest BCUT2D eigenvalue weighted by atomic mass is 33.1. The minimum absolute atomic E-state index is 0.496. The fraction of sp³-hybridized carbons (Fsp3) is 0.0588. The zero-order chi connectivity index (χ0) is 14.7. The number of hydrogen-bond donors (Lipinski definition) is 0. The number of nitriles is 2. The van der Waals surface area contributed by atoms with E-state index in [0.717, 1.165) is 11.1 Å². The van der Waals surface area contributed by atoms with Crippen LogP contribution in [0.25, 0.3) is 0 Å². The summed E-state index contributed by atoms with van der Waals surface area (Å²) in [6.45, 7) is 0. The van der Waals surface area contributed by atoms with Gasteiger partial charge in [-0.2, -0.15) is 10.5 Å². The predicted molar refractivity (Wildman–Crippen MR) is 87.1 cm³/mol. The molecule has 0 bridgehead atoms. The van der Waals surface area contributed by atoms with Crippen LogP contribution >= 0.6 is 21.6 Å². The van der Waals surface area contributed by atoms with Gasteiger partial charge in [0.15, 0.2) is 0 Å². The van der Waals surface area contributed by atoms with Crippen LogP contribution in [0.2, 0.25) is 0 Å². The summed E-state index contributed by atoms with van der Waals surface area (Å²) >= 11 is 0. The zero-order valence-electron chi connectivity index (χ0n) is 11.0. The molecule has 0 N–H and O–H groups in total. The van der Waals surface area contributed by atoms with Crippen molar-refractivity contribution in [3.8, 4) is 12.1 Å². The fourth-order valence-electron chi connectivity index (χ4n) is 2.45. The van der Waals surface area contributed by atoms with E-state index in [-0.39, 0.29) is 0 Å². The molecule has 2 nitrogen and oxygen atoms in total. The lowest BCUT2D eigenvalue weighted by atomic mass is 9.84. The maximum absolute atomic E-state index is 9.64. The highest BCUT2D eigenvalue weighted by molar-refractivity contribution is 8.79. The Bertz CT molecular complexity index is 728. The summed E-state index contributed by atoms with van der Waals surface area (Å²) in [4.78, 5) is 0.496. The van der Waals surface area contributed by atoms with E-state index in [1.807, 2.05) is 60.7 Å². The first-order chi connectivity index (χ1) is 10.3. The van der Waals surface area contributed by atoms with E-state index >= 15 is 0 Å². The van der Waals surface area contributed by atoms with Gasteiger partial charge in [-0.25, -0.2) is 0 Å². The van der Waals surface area contributed by atoms with Gasteiger partial charge in [0.1, 0.15) is 15.7 Å². The third-order valence-electron chi connectivity index (χ3n) is 3.40. The first-order valence-electron chi connectivity index (χ1n) is 6.34. The highest BCUT2D eigenvalue weighted by Gasteiger charge is 2.46. The van der Waals surface area contributed by atoms with Crippen molar-refractivity contribution in [1.82, 2.24) is 0 Å². The maximum Gasteiger partial charge on any atom is 0.113 e. The van der Waals surface area contributed by atoms with Crippen LogP contribution in [0.15, 0.2) is 71.1 Å². The van der Waals surface area contributed by atoms with E-state index in [2.05, 4.69) is 12.1 Å². The molecule has 0 aromatic heterocycles. The van der Waals surface area contributed by atoms with Crippen molar-refractivity contribution >= 4 is 21.6 Å². The summed E-state index contributed by atoms with van der Waals surface area (Å²) in [5, 5.41) is 18.9. The first-order valence-corrected chi connectivity index (χ1v) is 8.49. The second-order valence-corrected chi connectivity index (χ2v) is 6.86. The molecule has 1 aliphatic rings. The standard InChI is InChI=1S/C17H10N2S2/c18-11-15-16(12-19)20-21-17(15,13-7-3-1-4-8-13)14-9-5-2-6-10-14/h1-10H. The average molecular weight is 306 g/mol. The quantitative estimate of drug-likeness (QED) is 0.759. The molecule has 0 spiro atoms. The van der Waals surface area contributed by atoms with Gasteiger partial charge in [0.2, 0.25) is 0 Å². The van der Waals surface area contributed by atoms with Gasteiger partial charge in [-0.15, -0.1) is 0 Å². The van der Waals surface area contributed by atoms with Gasteiger partial charge in [0, 0.05) is 0 Å². The van der Waals surface area contributed by atoms with Crippen LogP contribution in [-0.4, -0.2) is 0 Å². The lowest BCUT2D eigenvalue weighted by molar-refractivity contribution is 0.908. The lowest BCUT2D eigenvalue weighted by Crippen LogP contribution is -2.23. The van der Waals surface area contributed by atoms with Crippen LogP contribution in [-0.2, 0) is 4.75 Å². The summed E-state index contributed by atoms with van der Waals surface area (Å²) in [6, 6.07) is 24.2. The minimum atomic E-state index is -0.604. The predicted octanol–water partition coefficient (Wildman–Crippen LogP) is 4.63. The first kappa shape index (κ1) is 13.8. The normalized spacial score (nSPS) is 16.3. The molecule has 0 saturated carbocycles. The number of hydrogen-bond acceptors (Lipinski definition) is 4. The van der Waals surface area contributed by atoms with Gasteiger partial charge in [-0.3, -0.25) is 0 Å². The molecular formula is C17H10N2S2. The number of rotatable bonds is 2. The molecule has 0 fully saturated rings. The molecule has 0 aliphatic carbocycles. The molecule has 1 heterocycles. The topological polar surface area (TPSA) is 47.6 Å². The molecule has 21 heavy (non-hydrogen) atoms. The molecule has 3 rings (SSSR count). The third kappa shape index (κ3) is 2.14. The second-order valence-electron chi connectivity index (χ2n) is 4.51. The van der Waals surface area contributed by atoms with E-state index in [1.165, 1.54) is 10.8 Å². The Kier molecular flexibility index (Phi) is 3.75. The van der Waals surface area contributed by atoms with Gasteiger partial charge in [0.05, 0.1) is 11.6 Å². The van der Waals surface area contributed by atoms with Crippen LogP contribution in [0.3, 0.4) is 0 Å². The molecule has 100 valence electrons. The van der Waals surface area contributed by atoms with Crippen molar-refractivity contribution in [3.63, 3.8) is 0 Å². The molecule has 0 amide bonds. The average Bonchev–Trinajstić information content (AvgIpc) is 2.96. The Morgan fingerprint density at radius 2 is 1.29 bits per heavy atom. The molecular weight excluding hydrogens is 296 g/mol. The molecule has 0 unspecified atom stereocenters. The smallest absolute Gasteiger partial charge is 0.113 e. The lowest BCUT2D eigenvalue weighted by Gasteiger charge is -2.29. The van der Waals surface area contributed by atoms with E-state index < -0.39 is 4.75 Å². The van der Waals surface area contributed by atoms with Gasteiger partial charge >= 0.3 is 0 Å². The van der Waals surface area contributed by atoms with Gasteiger partial charge in [-0.1, -0.05) is 71.5 Å². The molecule has 0 saturated heterocycles. The number of nitrogens with zero attached hydrogens (tertiary/aromatic N) is 2. The Hall–Kier alpha value is -2.14. The number of benzene rings is 2. The molecule has 2 aromatic carbocycles. The Labute approximate surface area is 131 Å². The Morgan fingerprint density at radius 1 is 0.762 bits per heavy atom. The van der Waals surface area contributed by atoms with Gasteiger partial charge < -0.3 is 0 Å². The number of allylic oxidation sites excluding steroid dienone is 1. The van der Waals surface area contributed by atoms with E-state index in [1.54, 1.807) is 10.8 Å². The summed E-state index contributed by atoms with van der Waals surface area (Å²) < 4.78 is -0.604. The van der Waals surface area contributed by atoms with Crippen LogP contribution in [0.4, 0.5) is 0 Å². The van der Waals surface area contributed by atoms with E-state index in [0.29, 0.717) is 10.5 Å². The van der Waals surface area contributed by atoms with Crippen molar-refractivity contribution in [3.05, 3.63) is 82.3 Å². The summed E-state index contributed by atoms with van der Waals surface area (Å²) in [7, 11) is 2.94. The second kappa shape index (κ2) is 5.69. The summed E-state index contributed by atoms with van der Waals surface area (Å²) in [5.41, 5.74) is 2.57. The van der Waals surface area contributed by atoms with Crippen LogP contribution in [0.1, 0.15) is 11.1 Å². The van der Waals surface area contributed by atoms with Crippen LogP contribution in [0.5, 0.6) is 0 Å². The highest BCUT2D eigenvalue weighted by Crippen LogP contribution is 2.62. The summed E-state index contributed by atoms with van der Waals surface area (Å²) in [5.74, 6) is 0. The van der Waals surface area contributed by atoms with Crippen molar-refractivity contribution in [2.75, 3.05) is 0 Å². The Morgan fingerprint density at radius 3 is 1.71 bits per heavy atom. The van der Waals surface area contributed by atoms with Crippen LogP contribution in [0, 0.1) is 22.7 Å². The van der Waals surface area contributed by atoms with Crippen molar-refractivity contribution in [1.29, 1.82) is 10.5 Å². The third-order valence-corrected chi connectivity index (χ3v) is 6.37. The van der Waals surface area contributed by atoms with E-state index in [4.69, 9.17) is 0 Å². The monoisotopic (exact) mass is 306 g/mol. The van der Waals surface area contributed by atoms with Crippen molar-refractivity contribution in [2.24, 2.45) is 0 Å². The summed E-state index contributed by atoms with van der Waals surface area (Å²) in [6.07, 6.45) is 0.